The molecule has 0 unspecified atom stereocenters. The highest BCUT2D eigenvalue weighted by molar-refractivity contribution is 5.82. The average Bonchev–Trinajstić information content (AvgIpc) is 2.79. The molecule has 124 valence electrons. The summed E-state index contributed by atoms with van der Waals surface area (Å²) in [6.07, 6.45) is 0. The van der Waals surface area contributed by atoms with Crippen molar-refractivity contribution in [3.63, 3.8) is 0 Å². The predicted octanol–water partition coefficient (Wildman–Crippen LogP) is 2.12. The molecular weight excluding hydrogens is 320 g/mol. The van der Waals surface area contributed by atoms with Crippen molar-refractivity contribution in [2.45, 2.75) is 0 Å². The molecule has 0 spiro atoms. The number of nitrogens with one attached hydrogen (secondary N) is 1. The highest BCUT2D eigenvalue weighted by atomic mass is 16.5. The molecule has 4 aromatic rings. The molecule has 0 aliphatic rings. The predicted molar refractivity (Wildman–Crippen MR) is 93.2 cm³/mol. The summed E-state index contributed by atoms with van der Waals surface area (Å²) >= 11 is 0. The third-order valence-electron chi connectivity index (χ3n) is 3.84. The molecule has 0 saturated heterocycles. The lowest BCUT2D eigenvalue weighted by atomic mass is 10.2. The Bertz CT molecular complexity index is 1220. The maximum absolute atomic E-state index is 12.3. The van der Waals surface area contributed by atoms with Gasteiger partial charge in [0.15, 0.2) is 0 Å². The monoisotopic (exact) mass is 334 g/mol. The summed E-state index contributed by atoms with van der Waals surface area (Å²) in [5.74, 6) is 0.419. The molecule has 7 heteroatoms. The molecule has 0 aliphatic heterocycles. The Morgan fingerprint density at radius 1 is 1.16 bits per heavy atom. The van der Waals surface area contributed by atoms with Crippen LogP contribution in [0.4, 0.5) is 5.69 Å². The standard InChI is InChI=1S/C18H14N4O3/c1-25-13-7-4-6-12(10-13)19-17-20-14-8-3-2-5-11(14)9-15-16(23)21-18(24)22(15)17/h2-10,23H,1H3,(H,21,24). The van der Waals surface area contributed by atoms with Crippen LogP contribution in [0.3, 0.4) is 0 Å². The number of aromatic hydroxyl groups is 1. The van der Waals surface area contributed by atoms with Crippen LogP contribution < -0.4 is 16.0 Å². The molecule has 0 radical (unpaired) electrons. The van der Waals surface area contributed by atoms with Gasteiger partial charge >= 0.3 is 5.69 Å². The number of imidazole rings is 1. The molecule has 0 atom stereocenters. The number of ether oxygens (including phenoxy) is 1. The van der Waals surface area contributed by atoms with Crippen molar-refractivity contribution < 1.29 is 9.84 Å². The quantitative estimate of drug-likeness (QED) is 0.587. The molecule has 2 aromatic carbocycles. The van der Waals surface area contributed by atoms with Gasteiger partial charge in [-0.15, -0.1) is 0 Å². The molecule has 0 saturated carbocycles. The number of benzene rings is 2. The number of hydrogen-bond acceptors (Lipinski definition) is 5. The van der Waals surface area contributed by atoms with Crippen molar-refractivity contribution in [1.82, 2.24) is 14.4 Å². The van der Waals surface area contributed by atoms with Crippen molar-refractivity contribution in [2.24, 2.45) is 4.99 Å². The highest BCUT2D eigenvalue weighted by Gasteiger charge is 2.09. The van der Waals surface area contributed by atoms with Gasteiger partial charge in [0.2, 0.25) is 11.5 Å². The van der Waals surface area contributed by atoms with Crippen LogP contribution in [0.2, 0.25) is 0 Å². The number of nitrogens with zero attached hydrogens (tertiary/aromatic N) is 3. The Balaban J connectivity index is 2.17. The van der Waals surface area contributed by atoms with Gasteiger partial charge in [0, 0.05) is 11.5 Å². The molecule has 0 fully saturated rings. The summed E-state index contributed by atoms with van der Waals surface area (Å²) in [5.41, 5.74) is 1.19. The third kappa shape index (κ3) is 2.61. The second kappa shape index (κ2) is 5.79. The van der Waals surface area contributed by atoms with Gasteiger partial charge in [0.1, 0.15) is 11.3 Å². The van der Waals surface area contributed by atoms with Gasteiger partial charge in [0.25, 0.3) is 0 Å². The van der Waals surface area contributed by atoms with E-state index < -0.39 is 5.69 Å². The Hall–Kier alpha value is -3.61. The number of aromatic amines is 1. The summed E-state index contributed by atoms with van der Waals surface area (Å²) in [6, 6.07) is 16.2. The minimum absolute atomic E-state index is 0.158. The van der Waals surface area contributed by atoms with E-state index >= 15 is 0 Å². The fourth-order valence-electron chi connectivity index (χ4n) is 2.65. The number of hydrogen-bond donors (Lipinski definition) is 2. The lowest BCUT2D eigenvalue weighted by molar-refractivity contribution is 0.415. The first-order valence-corrected chi connectivity index (χ1v) is 7.58. The maximum Gasteiger partial charge on any atom is 0.335 e. The molecule has 0 bridgehead atoms. The molecule has 7 nitrogen and oxygen atoms in total. The van der Waals surface area contributed by atoms with Gasteiger partial charge in [-0.3, -0.25) is 4.98 Å². The van der Waals surface area contributed by atoms with E-state index in [2.05, 4.69) is 15.0 Å². The molecule has 2 aromatic heterocycles. The lowest BCUT2D eigenvalue weighted by Gasteiger charge is -1.99. The average molecular weight is 334 g/mol. The second-order valence-corrected chi connectivity index (χ2v) is 5.43. The number of aromatic nitrogens is 3. The number of fused-ring (bicyclic) bond motifs is 2. The molecule has 0 amide bonds. The van der Waals surface area contributed by atoms with Gasteiger partial charge in [-0.25, -0.2) is 19.2 Å². The first-order chi connectivity index (χ1) is 12.2. The Morgan fingerprint density at radius 2 is 2.00 bits per heavy atom. The lowest BCUT2D eigenvalue weighted by Crippen LogP contribution is -2.25. The smallest absolute Gasteiger partial charge is 0.335 e. The Kier molecular flexibility index (Phi) is 3.46. The molecule has 2 N–H and O–H groups in total. The Morgan fingerprint density at radius 3 is 2.84 bits per heavy atom. The van der Waals surface area contributed by atoms with Crippen molar-refractivity contribution in [3.05, 3.63) is 70.7 Å². The number of para-hydroxylation sites is 1. The van der Waals surface area contributed by atoms with E-state index in [1.54, 1.807) is 37.4 Å². The van der Waals surface area contributed by atoms with E-state index in [1.165, 1.54) is 4.40 Å². The molecule has 2 heterocycles. The van der Waals surface area contributed by atoms with E-state index in [0.717, 1.165) is 5.39 Å². The van der Waals surface area contributed by atoms with E-state index in [1.807, 2.05) is 24.3 Å². The zero-order valence-corrected chi connectivity index (χ0v) is 13.3. The molecule has 0 aliphatic carbocycles. The summed E-state index contributed by atoms with van der Waals surface area (Å²) in [4.78, 5) is 23.7. The van der Waals surface area contributed by atoms with Crippen molar-refractivity contribution >= 4 is 22.1 Å². The minimum Gasteiger partial charge on any atom is -0.497 e. The summed E-state index contributed by atoms with van der Waals surface area (Å²) in [6.45, 7) is 0. The topological polar surface area (TPSA) is 92.0 Å². The van der Waals surface area contributed by atoms with Crippen LogP contribution in [-0.2, 0) is 0 Å². The Labute approximate surface area is 141 Å². The molecule has 25 heavy (non-hydrogen) atoms. The SMILES string of the molecule is COc1cccc(N=c2nc3ccccc3cc3c(O)[nH]c(=O)n23)c1. The van der Waals surface area contributed by atoms with Crippen LogP contribution in [0.1, 0.15) is 0 Å². The van der Waals surface area contributed by atoms with Gasteiger partial charge in [-0.2, -0.15) is 0 Å². The summed E-state index contributed by atoms with van der Waals surface area (Å²) < 4.78 is 6.45. The zero-order valence-electron chi connectivity index (χ0n) is 13.3. The molecular formula is C18H14N4O3. The maximum atomic E-state index is 12.3. The van der Waals surface area contributed by atoms with Crippen LogP contribution in [0.15, 0.2) is 64.4 Å². The van der Waals surface area contributed by atoms with E-state index in [-0.39, 0.29) is 11.5 Å². The summed E-state index contributed by atoms with van der Waals surface area (Å²) in [5, 5.41) is 10.8. The number of methoxy groups -OCH3 is 1. The van der Waals surface area contributed by atoms with Crippen LogP contribution in [0.5, 0.6) is 11.6 Å². The zero-order chi connectivity index (χ0) is 17.4. The highest BCUT2D eigenvalue weighted by Crippen LogP contribution is 2.19. The van der Waals surface area contributed by atoms with Gasteiger partial charge < -0.3 is 9.84 Å². The summed E-state index contributed by atoms with van der Waals surface area (Å²) in [7, 11) is 1.57. The van der Waals surface area contributed by atoms with Crippen LogP contribution in [0, 0.1) is 0 Å². The first kappa shape index (κ1) is 14.9. The normalized spacial score (nSPS) is 12.0. The van der Waals surface area contributed by atoms with Gasteiger partial charge in [0.05, 0.1) is 18.3 Å². The second-order valence-electron chi connectivity index (χ2n) is 5.43. The fraction of sp³-hybridized carbons (Fsp3) is 0.0556. The van der Waals surface area contributed by atoms with Crippen molar-refractivity contribution in [3.8, 4) is 11.6 Å². The van der Waals surface area contributed by atoms with E-state index in [0.29, 0.717) is 22.5 Å². The van der Waals surface area contributed by atoms with Gasteiger partial charge in [-0.1, -0.05) is 24.3 Å². The van der Waals surface area contributed by atoms with Crippen LogP contribution in [0.25, 0.3) is 16.4 Å². The van der Waals surface area contributed by atoms with E-state index in [9.17, 15) is 9.90 Å². The van der Waals surface area contributed by atoms with Crippen molar-refractivity contribution in [1.29, 1.82) is 0 Å². The third-order valence-corrected chi connectivity index (χ3v) is 3.84. The molecule has 4 rings (SSSR count). The largest absolute Gasteiger partial charge is 0.497 e. The van der Waals surface area contributed by atoms with Crippen LogP contribution in [-0.4, -0.2) is 26.6 Å². The van der Waals surface area contributed by atoms with Crippen molar-refractivity contribution in [2.75, 3.05) is 7.11 Å². The number of H-pyrrole nitrogens is 1. The van der Waals surface area contributed by atoms with Crippen LogP contribution >= 0.6 is 0 Å². The fourth-order valence-corrected chi connectivity index (χ4v) is 2.65. The van der Waals surface area contributed by atoms with E-state index in [4.69, 9.17) is 4.74 Å². The first-order valence-electron chi connectivity index (χ1n) is 7.58. The van der Waals surface area contributed by atoms with Gasteiger partial charge in [-0.05, 0) is 24.3 Å². The number of rotatable bonds is 2. The minimum atomic E-state index is -0.512.